The molecule has 14 nitrogen and oxygen atoms in total. The van der Waals surface area contributed by atoms with Crippen molar-refractivity contribution < 1.29 is 28.7 Å². The summed E-state index contributed by atoms with van der Waals surface area (Å²) < 4.78 is 9.35. The number of H-pyrrole nitrogens is 2. The third kappa shape index (κ3) is 6.98. The highest BCUT2D eigenvalue weighted by Crippen LogP contribution is 2.36. The molecule has 14 heteroatoms. The first kappa shape index (κ1) is 36.5. The minimum atomic E-state index is -0.714. The number of alkyl carbamates (subject to hydrolysis) is 2. The van der Waals surface area contributed by atoms with Crippen LogP contribution in [0, 0.1) is 0 Å². The number of hydrogen-bond acceptors (Lipinski definition) is 8. The number of amides is 4. The summed E-state index contributed by atoms with van der Waals surface area (Å²) in [6, 6.07) is 23.4. The predicted octanol–water partition coefficient (Wildman–Crippen LogP) is 6.74. The molecule has 0 saturated carbocycles. The fourth-order valence-electron chi connectivity index (χ4n) is 8.06. The van der Waals surface area contributed by atoms with Gasteiger partial charge in [-0.1, -0.05) is 36.4 Å². The summed E-state index contributed by atoms with van der Waals surface area (Å²) in [6.45, 7) is 4.50. The van der Waals surface area contributed by atoms with Crippen LogP contribution in [-0.4, -0.2) is 93.1 Å². The first-order valence-corrected chi connectivity index (χ1v) is 18.9. The van der Waals surface area contributed by atoms with Crippen LogP contribution < -0.4 is 10.6 Å². The van der Waals surface area contributed by atoms with E-state index in [0.29, 0.717) is 13.1 Å². The predicted molar refractivity (Wildman–Crippen MR) is 212 cm³/mol. The van der Waals surface area contributed by atoms with Gasteiger partial charge in [0.1, 0.15) is 23.7 Å². The van der Waals surface area contributed by atoms with Gasteiger partial charge in [-0.2, -0.15) is 0 Å². The number of carbonyl (C=O) groups is 4. The van der Waals surface area contributed by atoms with Gasteiger partial charge < -0.3 is 39.9 Å². The quantitative estimate of drug-likeness (QED) is 0.132. The summed E-state index contributed by atoms with van der Waals surface area (Å²) in [4.78, 5) is 70.2. The fourth-order valence-corrected chi connectivity index (χ4v) is 8.06. The van der Waals surface area contributed by atoms with Crippen molar-refractivity contribution in [1.29, 1.82) is 0 Å². The molecule has 2 saturated heterocycles. The second kappa shape index (κ2) is 15.0. The number of hydrogen-bond donors (Lipinski definition) is 4. The Morgan fingerprint density at radius 3 is 1.46 bits per heavy atom. The van der Waals surface area contributed by atoms with Gasteiger partial charge in [0.25, 0.3) is 0 Å². The van der Waals surface area contributed by atoms with E-state index in [0.717, 1.165) is 92.4 Å². The number of benzene rings is 4. The summed E-state index contributed by atoms with van der Waals surface area (Å²) in [7, 11) is 2.55. The molecule has 56 heavy (non-hydrogen) atoms. The Hall–Kier alpha value is -6.44. The normalized spacial score (nSPS) is 18.0. The first-order valence-electron chi connectivity index (χ1n) is 18.9. The van der Waals surface area contributed by atoms with Crippen LogP contribution in [0.3, 0.4) is 0 Å². The molecule has 4 heterocycles. The van der Waals surface area contributed by atoms with Crippen molar-refractivity contribution in [2.75, 3.05) is 27.3 Å². The Labute approximate surface area is 322 Å². The van der Waals surface area contributed by atoms with E-state index in [1.54, 1.807) is 23.6 Å². The lowest BCUT2D eigenvalue weighted by molar-refractivity contribution is -0.134. The van der Waals surface area contributed by atoms with Crippen molar-refractivity contribution in [2.45, 2.75) is 63.7 Å². The van der Waals surface area contributed by atoms with E-state index in [1.807, 2.05) is 12.1 Å². The molecule has 8 rings (SSSR count). The van der Waals surface area contributed by atoms with Gasteiger partial charge in [-0.15, -0.1) is 0 Å². The average Bonchev–Trinajstić information content (AvgIpc) is 4.04. The van der Waals surface area contributed by atoms with Crippen molar-refractivity contribution in [3.05, 3.63) is 84.4 Å². The maximum atomic E-state index is 13.2. The van der Waals surface area contributed by atoms with Crippen LogP contribution in [0.25, 0.3) is 55.1 Å². The molecule has 4 atom stereocenters. The number of imidazole rings is 2. The number of nitrogens with zero attached hydrogens (tertiary/aromatic N) is 4. The third-order valence-corrected chi connectivity index (χ3v) is 11.0. The van der Waals surface area contributed by atoms with Crippen LogP contribution in [0.1, 0.15) is 63.3 Å². The van der Waals surface area contributed by atoms with E-state index in [4.69, 9.17) is 9.97 Å². The molecule has 6 aromatic rings. The summed E-state index contributed by atoms with van der Waals surface area (Å²) in [5, 5.41) is 7.37. The molecule has 0 spiro atoms. The Balaban J connectivity index is 1.02. The molecule has 0 bridgehead atoms. The summed E-state index contributed by atoms with van der Waals surface area (Å²) in [6.07, 6.45) is 1.97. The number of fused-ring (bicyclic) bond motifs is 3. The Morgan fingerprint density at radius 1 is 0.625 bits per heavy atom. The fraction of sp³-hybridized carbons (Fsp3) is 0.333. The molecular formula is C42H44N8O6. The molecule has 2 aliphatic rings. The minimum absolute atomic E-state index is 0.171. The van der Waals surface area contributed by atoms with Gasteiger partial charge in [-0.25, -0.2) is 19.6 Å². The summed E-state index contributed by atoms with van der Waals surface area (Å²) in [5.74, 6) is 1.12. The Bertz CT molecular complexity index is 2330. The van der Waals surface area contributed by atoms with Gasteiger partial charge in [-0.3, -0.25) is 9.59 Å². The van der Waals surface area contributed by atoms with Gasteiger partial charge in [0.05, 0.1) is 48.4 Å². The topological polar surface area (TPSA) is 175 Å². The first-order chi connectivity index (χ1) is 27.1. The Kier molecular flexibility index (Phi) is 9.79. The van der Waals surface area contributed by atoms with E-state index in [-0.39, 0.29) is 23.9 Å². The zero-order valence-electron chi connectivity index (χ0n) is 31.7. The van der Waals surface area contributed by atoms with Crippen LogP contribution >= 0.6 is 0 Å². The molecule has 4 aromatic carbocycles. The van der Waals surface area contributed by atoms with Gasteiger partial charge >= 0.3 is 12.2 Å². The third-order valence-electron chi connectivity index (χ3n) is 11.0. The lowest BCUT2D eigenvalue weighted by Gasteiger charge is -2.26. The maximum absolute atomic E-state index is 13.2. The van der Waals surface area contributed by atoms with E-state index in [1.165, 1.54) is 14.2 Å². The number of carbonyl (C=O) groups excluding carboxylic acids is 4. The summed E-state index contributed by atoms with van der Waals surface area (Å²) in [5.41, 5.74) is 7.62. The lowest BCUT2D eigenvalue weighted by Crippen LogP contribution is -2.46. The number of nitrogens with one attached hydrogen (secondary N) is 4. The number of methoxy groups -OCH3 is 2. The van der Waals surface area contributed by atoms with Gasteiger partial charge in [0.15, 0.2) is 0 Å². The second-order valence-electron chi connectivity index (χ2n) is 14.6. The SMILES string of the molecule is COC(=O)N[C@@H](C)C(=O)N1CCC[C@H]1c1nc2ccc(-c3ccc4ccc(-c5ccc6nc([C@@H]7CCCN7C(=O)[C@H](C)NC(=O)OC)[nH]c6c5)cc4c3)cc2[nH]1. The van der Waals surface area contributed by atoms with Crippen LogP contribution in [0.4, 0.5) is 9.59 Å². The highest BCUT2D eigenvalue weighted by molar-refractivity contribution is 5.93. The molecule has 288 valence electrons. The van der Waals surface area contributed by atoms with Crippen LogP contribution in [-0.2, 0) is 19.1 Å². The van der Waals surface area contributed by atoms with Crippen molar-refractivity contribution >= 4 is 56.8 Å². The smallest absolute Gasteiger partial charge is 0.407 e. The zero-order chi connectivity index (χ0) is 39.1. The molecule has 4 N–H and O–H groups in total. The molecule has 0 aliphatic carbocycles. The van der Waals surface area contributed by atoms with Crippen LogP contribution in [0.15, 0.2) is 72.8 Å². The van der Waals surface area contributed by atoms with Crippen molar-refractivity contribution in [3.8, 4) is 22.3 Å². The Morgan fingerprint density at radius 2 is 1.04 bits per heavy atom. The van der Waals surface area contributed by atoms with E-state index < -0.39 is 24.3 Å². The monoisotopic (exact) mass is 756 g/mol. The van der Waals surface area contributed by atoms with Gasteiger partial charge in [0, 0.05) is 13.1 Å². The summed E-state index contributed by atoms with van der Waals surface area (Å²) >= 11 is 0. The average molecular weight is 757 g/mol. The molecule has 0 unspecified atom stereocenters. The van der Waals surface area contributed by atoms with Crippen molar-refractivity contribution in [3.63, 3.8) is 0 Å². The molecule has 0 radical (unpaired) electrons. The molecule has 2 fully saturated rings. The highest BCUT2D eigenvalue weighted by Gasteiger charge is 2.36. The molecule has 2 aliphatic heterocycles. The van der Waals surface area contributed by atoms with E-state index in [2.05, 4.69) is 90.7 Å². The zero-order valence-corrected chi connectivity index (χ0v) is 31.7. The number of rotatable bonds is 8. The van der Waals surface area contributed by atoms with E-state index in [9.17, 15) is 19.2 Å². The highest BCUT2D eigenvalue weighted by atomic mass is 16.5. The van der Waals surface area contributed by atoms with Crippen LogP contribution in [0.5, 0.6) is 0 Å². The number of aromatic amines is 2. The van der Waals surface area contributed by atoms with Crippen molar-refractivity contribution in [2.24, 2.45) is 0 Å². The molecular weight excluding hydrogens is 713 g/mol. The number of likely N-dealkylation sites (tertiary alicyclic amines) is 2. The van der Waals surface area contributed by atoms with Crippen LogP contribution in [0.2, 0.25) is 0 Å². The standard InChI is InChI=1S/C42H44N8O6/c1-23(43-41(53)55-3)39(51)49-17-5-7-35(49)37-45-31-15-13-28(21-33(31)47-37)26-11-9-25-10-12-27(20-30(25)19-26)29-14-16-32-34(22-29)48-38(46-32)36-8-6-18-50(36)40(52)24(2)44-42(54)56-4/h9-16,19-24,35-36H,5-8,17-18H2,1-4H3,(H,43,53)(H,44,54)(H,45,47)(H,46,48)/t23-,24-,35-,36-/m0/s1. The molecule has 2 aromatic heterocycles. The second-order valence-corrected chi connectivity index (χ2v) is 14.6. The maximum Gasteiger partial charge on any atom is 0.407 e. The van der Waals surface area contributed by atoms with Gasteiger partial charge in [0.2, 0.25) is 11.8 Å². The number of aromatic nitrogens is 4. The van der Waals surface area contributed by atoms with E-state index >= 15 is 0 Å². The number of ether oxygens (including phenoxy) is 2. The lowest BCUT2D eigenvalue weighted by atomic mass is 9.97. The van der Waals surface area contributed by atoms with Gasteiger partial charge in [-0.05, 0) is 109 Å². The minimum Gasteiger partial charge on any atom is -0.453 e. The van der Waals surface area contributed by atoms with Crippen molar-refractivity contribution in [1.82, 2.24) is 40.4 Å². The molecule has 4 amide bonds. The largest absolute Gasteiger partial charge is 0.453 e.